The first kappa shape index (κ1) is 24.3. The van der Waals surface area contributed by atoms with Gasteiger partial charge in [0, 0.05) is 33.2 Å². The summed E-state index contributed by atoms with van der Waals surface area (Å²) in [6, 6.07) is 53.7. The molecule has 3 heterocycles. The minimum Gasteiger partial charge on any atom is -0.455 e. The molecule has 4 heteroatoms. The normalized spacial score (nSPS) is 12.4. The van der Waals surface area contributed by atoms with Gasteiger partial charge < -0.3 is 4.42 Å². The number of imidazole rings is 1. The molecule has 1 aliphatic heterocycles. The van der Waals surface area contributed by atoms with Crippen LogP contribution in [0.2, 0.25) is 0 Å². The van der Waals surface area contributed by atoms with E-state index in [1.54, 1.807) is 0 Å². The average molecular weight is 576 g/mol. The summed E-state index contributed by atoms with van der Waals surface area (Å²) in [5.41, 5.74) is 11.6. The molecule has 10 rings (SSSR count). The van der Waals surface area contributed by atoms with Gasteiger partial charge in [0.15, 0.2) is 0 Å². The van der Waals surface area contributed by atoms with E-state index in [0.29, 0.717) is 0 Å². The summed E-state index contributed by atoms with van der Waals surface area (Å²) in [6.45, 7) is 0. The van der Waals surface area contributed by atoms with Crippen molar-refractivity contribution >= 4 is 61.1 Å². The molecule has 0 spiro atoms. The molecular weight excluding hydrogens is 550 g/mol. The Kier molecular flexibility index (Phi) is 4.96. The summed E-state index contributed by atoms with van der Waals surface area (Å²) in [5, 5.41) is 4.67. The molecule has 0 N–H and O–H groups in total. The largest absolute Gasteiger partial charge is 0.455 e. The minimum atomic E-state index is 0.858. The Hall–Kier alpha value is -6.13. The molecule has 0 unspecified atom stereocenters. The molecule has 2 aromatic heterocycles. The summed E-state index contributed by atoms with van der Waals surface area (Å²) in [5.74, 6) is 0.858. The van der Waals surface area contributed by atoms with Crippen LogP contribution in [-0.2, 0) is 0 Å². The monoisotopic (exact) mass is 575 g/mol. The van der Waals surface area contributed by atoms with Crippen molar-refractivity contribution in [2.24, 2.45) is 0 Å². The van der Waals surface area contributed by atoms with Gasteiger partial charge in [-0.3, -0.25) is 9.47 Å². The van der Waals surface area contributed by atoms with E-state index in [1.807, 2.05) is 12.1 Å². The zero-order valence-electron chi connectivity index (χ0n) is 24.2. The molecule has 210 valence electrons. The number of hydrogen-bond donors (Lipinski definition) is 0. The number of hydrogen-bond acceptors (Lipinski definition) is 3. The number of anilines is 3. The maximum absolute atomic E-state index is 6.45. The maximum Gasteiger partial charge on any atom is 0.220 e. The molecule has 4 nitrogen and oxygen atoms in total. The van der Waals surface area contributed by atoms with Gasteiger partial charge >= 0.3 is 0 Å². The van der Waals surface area contributed by atoms with Gasteiger partial charge in [-0.25, -0.2) is 4.98 Å². The van der Waals surface area contributed by atoms with Gasteiger partial charge in [0.05, 0.1) is 22.4 Å². The second kappa shape index (κ2) is 9.18. The highest BCUT2D eigenvalue weighted by molar-refractivity contribution is 6.10. The minimum absolute atomic E-state index is 0.858. The molecule has 0 amide bonds. The fraction of sp³-hybridized carbons (Fsp3) is 0. The number of nitrogens with zero attached hydrogens (tertiary/aromatic N) is 3. The van der Waals surface area contributed by atoms with Crippen LogP contribution in [0.1, 0.15) is 0 Å². The number of benzene rings is 7. The van der Waals surface area contributed by atoms with Crippen molar-refractivity contribution in [1.82, 2.24) is 9.55 Å². The van der Waals surface area contributed by atoms with E-state index in [-0.39, 0.29) is 0 Å². The molecular formula is C41H25N3O. The third kappa shape index (κ3) is 3.51. The van der Waals surface area contributed by atoms with Gasteiger partial charge in [0.2, 0.25) is 5.95 Å². The Balaban J connectivity index is 1.26. The van der Waals surface area contributed by atoms with Crippen molar-refractivity contribution in [2.75, 3.05) is 4.90 Å². The Bertz CT molecular complexity index is 2630. The molecule has 1 aliphatic rings. The molecule has 0 saturated heterocycles. The zero-order chi connectivity index (χ0) is 29.5. The summed E-state index contributed by atoms with van der Waals surface area (Å²) >= 11 is 0. The first-order chi connectivity index (χ1) is 22.3. The second-order valence-corrected chi connectivity index (χ2v) is 11.6. The first-order valence-corrected chi connectivity index (χ1v) is 15.2. The molecule has 0 saturated carbocycles. The number of rotatable bonds is 2. The predicted octanol–water partition coefficient (Wildman–Crippen LogP) is 11.2. The molecule has 9 aromatic rings. The summed E-state index contributed by atoms with van der Waals surface area (Å²) in [6.07, 6.45) is 0. The lowest BCUT2D eigenvalue weighted by Crippen LogP contribution is -2.14. The van der Waals surface area contributed by atoms with Crippen molar-refractivity contribution < 1.29 is 4.42 Å². The molecule has 0 fully saturated rings. The second-order valence-electron chi connectivity index (χ2n) is 11.6. The highest BCUT2D eigenvalue weighted by Crippen LogP contribution is 2.49. The number of para-hydroxylation sites is 5. The molecule has 45 heavy (non-hydrogen) atoms. The Morgan fingerprint density at radius 3 is 2.20 bits per heavy atom. The molecule has 0 atom stereocenters. The average Bonchev–Trinajstić information content (AvgIpc) is 3.64. The number of aromatic nitrogens is 2. The van der Waals surface area contributed by atoms with Crippen LogP contribution < -0.4 is 4.90 Å². The highest BCUT2D eigenvalue weighted by atomic mass is 16.3. The van der Waals surface area contributed by atoms with E-state index in [9.17, 15) is 0 Å². The van der Waals surface area contributed by atoms with E-state index in [0.717, 1.165) is 72.7 Å². The Labute approximate surface area is 259 Å². The van der Waals surface area contributed by atoms with E-state index in [1.165, 1.54) is 16.3 Å². The van der Waals surface area contributed by atoms with Crippen LogP contribution in [0.15, 0.2) is 156 Å². The van der Waals surface area contributed by atoms with Crippen molar-refractivity contribution in [3.8, 4) is 27.9 Å². The topological polar surface area (TPSA) is 34.2 Å². The number of furan rings is 1. The van der Waals surface area contributed by atoms with Gasteiger partial charge in [-0.15, -0.1) is 0 Å². The van der Waals surface area contributed by atoms with Crippen molar-refractivity contribution in [3.05, 3.63) is 152 Å². The van der Waals surface area contributed by atoms with Crippen LogP contribution in [0.3, 0.4) is 0 Å². The number of fused-ring (bicyclic) bond motifs is 11. The smallest absolute Gasteiger partial charge is 0.220 e. The van der Waals surface area contributed by atoms with Gasteiger partial charge in [-0.1, -0.05) is 103 Å². The Morgan fingerprint density at radius 2 is 1.24 bits per heavy atom. The van der Waals surface area contributed by atoms with Crippen LogP contribution in [0.25, 0.3) is 71.7 Å². The van der Waals surface area contributed by atoms with Gasteiger partial charge in [0.1, 0.15) is 11.2 Å². The molecule has 0 aliphatic carbocycles. The lowest BCUT2D eigenvalue weighted by atomic mass is 9.97. The predicted molar refractivity (Wildman–Crippen MR) is 185 cm³/mol. The van der Waals surface area contributed by atoms with E-state index in [2.05, 4.69) is 149 Å². The summed E-state index contributed by atoms with van der Waals surface area (Å²) in [4.78, 5) is 7.61. The van der Waals surface area contributed by atoms with Crippen LogP contribution in [-0.4, -0.2) is 9.55 Å². The lowest BCUT2D eigenvalue weighted by Gasteiger charge is -2.25. The quantitative estimate of drug-likeness (QED) is 0.206. The van der Waals surface area contributed by atoms with E-state index >= 15 is 0 Å². The third-order valence-corrected chi connectivity index (χ3v) is 9.10. The first-order valence-electron chi connectivity index (χ1n) is 15.2. The fourth-order valence-corrected chi connectivity index (χ4v) is 7.08. The molecule has 0 radical (unpaired) electrons. The van der Waals surface area contributed by atoms with Crippen molar-refractivity contribution in [2.45, 2.75) is 0 Å². The van der Waals surface area contributed by atoms with Crippen LogP contribution >= 0.6 is 0 Å². The van der Waals surface area contributed by atoms with Crippen molar-refractivity contribution in [3.63, 3.8) is 0 Å². The standard InChI is InChI=1S/C41H25N3O/c1-2-12-27-25-38-34(24-26(27)11-1)31-15-3-6-20-36(31)43(41-42-35-19-5-7-21-37(35)44(38)41)29-14-9-13-28(23-29)30-17-10-18-33-32-16-4-8-22-39(32)45-40(30)33/h1-25H. The van der Waals surface area contributed by atoms with Gasteiger partial charge in [0.25, 0.3) is 0 Å². The Morgan fingerprint density at radius 1 is 0.511 bits per heavy atom. The van der Waals surface area contributed by atoms with E-state index < -0.39 is 0 Å². The molecule has 0 bridgehead atoms. The van der Waals surface area contributed by atoms with Gasteiger partial charge in [-0.2, -0.15) is 0 Å². The third-order valence-electron chi connectivity index (χ3n) is 9.10. The van der Waals surface area contributed by atoms with Crippen LogP contribution in [0.5, 0.6) is 0 Å². The highest BCUT2D eigenvalue weighted by Gasteiger charge is 2.29. The van der Waals surface area contributed by atoms with Crippen molar-refractivity contribution in [1.29, 1.82) is 0 Å². The summed E-state index contributed by atoms with van der Waals surface area (Å²) < 4.78 is 8.77. The van der Waals surface area contributed by atoms with Crippen LogP contribution in [0, 0.1) is 0 Å². The zero-order valence-corrected chi connectivity index (χ0v) is 24.2. The molecule has 7 aromatic carbocycles. The fourth-order valence-electron chi connectivity index (χ4n) is 7.08. The maximum atomic E-state index is 6.45. The SMILES string of the molecule is c1cc(-c2cccc3c2oc2ccccc23)cc(N2c3ccccc3-c3cc4ccccc4cc3-n3c2nc2ccccc23)c1. The summed E-state index contributed by atoms with van der Waals surface area (Å²) in [7, 11) is 0. The van der Waals surface area contributed by atoms with E-state index in [4.69, 9.17) is 9.40 Å². The van der Waals surface area contributed by atoms with Crippen LogP contribution in [0.4, 0.5) is 17.3 Å². The van der Waals surface area contributed by atoms with Gasteiger partial charge in [-0.05, 0) is 64.9 Å². The lowest BCUT2D eigenvalue weighted by molar-refractivity contribution is 0.670.